The van der Waals surface area contributed by atoms with Gasteiger partial charge in [0.15, 0.2) is 0 Å². The molecule has 2 saturated carbocycles. The van der Waals surface area contributed by atoms with Gasteiger partial charge in [-0.2, -0.15) is 0 Å². The molecule has 0 radical (unpaired) electrons. The van der Waals surface area contributed by atoms with Gasteiger partial charge < -0.3 is 4.74 Å². The SMILES string of the molecule is CC(C)CC1(C(=O)OC2CCCCC2)CC1C. The number of hydrogen-bond donors (Lipinski definition) is 0. The zero-order valence-corrected chi connectivity index (χ0v) is 11.5. The minimum Gasteiger partial charge on any atom is -0.462 e. The lowest BCUT2D eigenvalue weighted by atomic mass is 9.91. The Bertz CT molecular complexity index is 279. The van der Waals surface area contributed by atoms with E-state index >= 15 is 0 Å². The molecule has 0 aromatic heterocycles. The Labute approximate surface area is 105 Å². The summed E-state index contributed by atoms with van der Waals surface area (Å²) in [5, 5.41) is 0. The molecule has 98 valence electrons. The summed E-state index contributed by atoms with van der Waals surface area (Å²) in [4.78, 5) is 12.3. The maximum absolute atomic E-state index is 12.3. The summed E-state index contributed by atoms with van der Waals surface area (Å²) < 4.78 is 5.75. The lowest BCUT2D eigenvalue weighted by molar-refractivity contribution is -0.158. The monoisotopic (exact) mass is 238 g/mol. The molecule has 0 aromatic carbocycles. The smallest absolute Gasteiger partial charge is 0.312 e. The lowest BCUT2D eigenvalue weighted by Crippen LogP contribution is -2.29. The predicted molar refractivity (Wildman–Crippen MR) is 68.6 cm³/mol. The molecule has 0 amide bonds. The van der Waals surface area contributed by atoms with E-state index in [1.807, 2.05) is 0 Å². The molecule has 0 aromatic rings. The van der Waals surface area contributed by atoms with Gasteiger partial charge in [-0.15, -0.1) is 0 Å². The van der Waals surface area contributed by atoms with Crippen molar-refractivity contribution in [1.29, 1.82) is 0 Å². The normalized spacial score (nSPS) is 33.8. The van der Waals surface area contributed by atoms with Gasteiger partial charge >= 0.3 is 5.97 Å². The minimum atomic E-state index is -0.119. The Morgan fingerprint density at radius 3 is 2.35 bits per heavy atom. The van der Waals surface area contributed by atoms with Gasteiger partial charge in [0.05, 0.1) is 5.41 Å². The molecule has 2 unspecified atom stereocenters. The van der Waals surface area contributed by atoms with E-state index in [-0.39, 0.29) is 17.5 Å². The zero-order chi connectivity index (χ0) is 12.5. The second-order valence-corrected chi connectivity index (χ2v) is 6.52. The molecule has 17 heavy (non-hydrogen) atoms. The zero-order valence-electron chi connectivity index (χ0n) is 11.5. The van der Waals surface area contributed by atoms with Crippen molar-refractivity contribution in [3.05, 3.63) is 0 Å². The first-order chi connectivity index (χ1) is 8.04. The number of esters is 1. The number of carbonyl (C=O) groups is 1. The van der Waals surface area contributed by atoms with Gasteiger partial charge in [-0.1, -0.05) is 27.2 Å². The summed E-state index contributed by atoms with van der Waals surface area (Å²) in [5.41, 5.74) is -0.119. The molecule has 0 N–H and O–H groups in total. The van der Waals surface area contributed by atoms with Crippen LogP contribution in [0.25, 0.3) is 0 Å². The molecule has 2 nitrogen and oxygen atoms in total. The fourth-order valence-electron chi connectivity index (χ4n) is 3.32. The van der Waals surface area contributed by atoms with Gasteiger partial charge in [0.2, 0.25) is 0 Å². The second kappa shape index (κ2) is 4.99. The van der Waals surface area contributed by atoms with Crippen LogP contribution in [0.1, 0.15) is 65.7 Å². The van der Waals surface area contributed by atoms with Gasteiger partial charge in [-0.05, 0) is 50.4 Å². The van der Waals surface area contributed by atoms with Crippen LogP contribution >= 0.6 is 0 Å². The predicted octanol–water partition coefficient (Wildman–Crippen LogP) is 3.93. The van der Waals surface area contributed by atoms with E-state index in [0.29, 0.717) is 11.8 Å². The topological polar surface area (TPSA) is 26.3 Å². The Morgan fingerprint density at radius 1 is 1.29 bits per heavy atom. The van der Waals surface area contributed by atoms with Crippen molar-refractivity contribution in [2.75, 3.05) is 0 Å². The van der Waals surface area contributed by atoms with Gasteiger partial charge in [-0.25, -0.2) is 0 Å². The molecular formula is C15H26O2. The van der Waals surface area contributed by atoms with Crippen molar-refractivity contribution in [3.8, 4) is 0 Å². The fraction of sp³-hybridized carbons (Fsp3) is 0.933. The van der Waals surface area contributed by atoms with E-state index < -0.39 is 0 Å². The summed E-state index contributed by atoms with van der Waals surface area (Å²) in [6, 6.07) is 0. The van der Waals surface area contributed by atoms with Crippen LogP contribution < -0.4 is 0 Å². The van der Waals surface area contributed by atoms with Crippen LogP contribution in [0.15, 0.2) is 0 Å². The molecular weight excluding hydrogens is 212 g/mol. The fourth-order valence-corrected chi connectivity index (χ4v) is 3.32. The Hall–Kier alpha value is -0.530. The number of rotatable bonds is 4. The van der Waals surface area contributed by atoms with Gasteiger partial charge in [0.1, 0.15) is 6.10 Å². The summed E-state index contributed by atoms with van der Waals surface area (Å²) in [7, 11) is 0. The van der Waals surface area contributed by atoms with Crippen LogP contribution in [0.4, 0.5) is 0 Å². The third-order valence-electron chi connectivity index (χ3n) is 4.46. The van der Waals surface area contributed by atoms with Crippen LogP contribution in [-0.2, 0) is 9.53 Å². The van der Waals surface area contributed by atoms with Crippen molar-refractivity contribution in [3.63, 3.8) is 0 Å². The van der Waals surface area contributed by atoms with Gasteiger partial charge in [0.25, 0.3) is 0 Å². The lowest BCUT2D eigenvalue weighted by Gasteiger charge is -2.25. The van der Waals surface area contributed by atoms with E-state index in [9.17, 15) is 4.79 Å². The molecule has 2 fully saturated rings. The average Bonchev–Trinajstić information content (AvgIpc) is 2.90. The Balaban J connectivity index is 1.89. The Kier molecular flexibility index (Phi) is 3.79. The van der Waals surface area contributed by atoms with E-state index in [1.165, 1.54) is 19.3 Å². The van der Waals surface area contributed by atoms with E-state index in [2.05, 4.69) is 20.8 Å². The van der Waals surface area contributed by atoms with E-state index in [4.69, 9.17) is 4.74 Å². The highest BCUT2D eigenvalue weighted by Crippen LogP contribution is 2.57. The molecule has 2 rings (SSSR count). The third-order valence-corrected chi connectivity index (χ3v) is 4.46. The van der Waals surface area contributed by atoms with Crippen LogP contribution in [-0.4, -0.2) is 12.1 Å². The van der Waals surface area contributed by atoms with Gasteiger partial charge in [-0.3, -0.25) is 4.79 Å². The highest BCUT2D eigenvalue weighted by molar-refractivity contribution is 5.80. The maximum Gasteiger partial charge on any atom is 0.312 e. The molecule has 0 spiro atoms. The molecule has 0 heterocycles. The highest BCUT2D eigenvalue weighted by atomic mass is 16.5. The standard InChI is InChI=1S/C15H26O2/c1-11(2)9-15(10-12(15)3)14(16)17-13-7-5-4-6-8-13/h11-13H,4-10H2,1-3H3. The van der Waals surface area contributed by atoms with Crippen molar-refractivity contribution >= 4 is 5.97 Å². The largest absolute Gasteiger partial charge is 0.462 e. The van der Waals surface area contributed by atoms with E-state index in [0.717, 1.165) is 25.7 Å². The molecule has 2 aliphatic rings. The highest BCUT2D eigenvalue weighted by Gasteiger charge is 2.58. The number of ether oxygens (including phenoxy) is 1. The molecule has 2 heteroatoms. The average molecular weight is 238 g/mol. The minimum absolute atomic E-state index is 0.102. The number of hydrogen-bond acceptors (Lipinski definition) is 2. The summed E-state index contributed by atoms with van der Waals surface area (Å²) in [5.74, 6) is 1.21. The molecule has 0 aliphatic heterocycles. The molecule has 0 saturated heterocycles. The van der Waals surface area contributed by atoms with Crippen LogP contribution in [0.2, 0.25) is 0 Å². The van der Waals surface area contributed by atoms with Crippen molar-refractivity contribution < 1.29 is 9.53 Å². The van der Waals surface area contributed by atoms with Gasteiger partial charge in [0, 0.05) is 0 Å². The quantitative estimate of drug-likeness (QED) is 0.694. The third kappa shape index (κ3) is 2.83. The molecule has 0 bridgehead atoms. The van der Waals surface area contributed by atoms with Crippen molar-refractivity contribution in [2.45, 2.75) is 71.8 Å². The summed E-state index contributed by atoms with van der Waals surface area (Å²) in [6.07, 6.45) is 8.18. The van der Waals surface area contributed by atoms with Crippen molar-refractivity contribution in [1.82, 2.24) is 0 Å². The first-order valence-electron chi connectivity index (χ1n) is 7.25. The van der Waals surface area contributed by atoms with Crippen LogP contribution in [0.5, 0.6) is 0 Å². The number of carbonyl (C=O) groups excluding carboxylic acids is 1. The molecule has 2 atom stereocenters. The second-order valence-electron chi connectivity index (χ2n) is 6.52. The summed E-state index contributed by atoms with van der Waals surface area (Å²) in [6.45, 7) is 6.58. The van der Waals surface area contributed by atoms with Crippen LogP contribution in [0.3, 0.4) is 0 Å². The summed E-state index contributed by atoms with van der Waals surface area (Å²) >= 11 is 0. The van der Waals surface area contributed by atoms with Crippen molar-refractivity contribution in [2.24, 2.45) is 17.3 Å². The van der Waals surface area contributed by atoms with Crippen LogP contribution in [0, 0.1) is 17.3 Å². The molecule has 2 aliphatic carbocycles. The first kappa shape index (κ1) is 12.9. The first-order valence-corrected chi connectivity index (χ1v) is 7.25. The Morgan fingerprint density at radius 2 is 1.88 bits per heavy atom. The van der Waals surface area contributed by atoms with E-state index in [1.54, 1.807) is 0 Å². The maximum atomic E-state index is 12.3.